The number of nitrogens with one attached hydrogen (secondary N) is 1. The lowest BCUT2D eigenvalue weighted by Crippen LogP contribution is -2.39. The van der Waals surface area contributed by atoms with Crippen LogP contribution in [0.2, 0.25) is 0 Å². The number of nitrogens with two attached hydrogens (primary N) is 1. The molecule has 0 fully saturated rings. The SMILES string of the molecule is CC(CN)C(C)NC(=O)c1cccc(O)c1O. The van der Waals surface area contributed by atoms with Gasteiger partial charge < -0.3 is 21.3 Å². The summed E-state index contributed by atoms with van der Waals surface area (Å²) in [6, 6.07) is 4.16. The first kappa shape index (κ1) is 13.3. The summed E-state index contributed by atoms with van der Waals surface area (Å²) in [6.45, 7) is 4.23. The molecule has 1 aromatic carbocycles. The van der Waals surface area contributed by atoms with E-state index in [-0.39, 0.29) is 23.3 Å². The topological polar surface area (TPSA) is 95.6 Å². The third-order valence-corrected chi connectivity index (χ3v) is 2.84. The predicted molar refractivity (Wildman–Crippen MR) is 64.9 cm³/mol. The van der Waals surface area contributed by atoms with Crippen LogP contribution in [0.5, 0.6) is 11.5 Å². The van der Waals surface area contributed by atoms with Crippen molar-refractivity contribution in [3.8, 4) is 11.5 Å². The number of rotatable bonds is 4. The third kappa shape index (κ3) is 3.10. The Bertz CT molecular complexity index is 407. The van der Waals surface area contributed by atoms with Crippen LogP contribution in [-0.4, -0.2) is 28.7 Å². The summed E-state index contributed by atoms with van der Waals surface area (Å²) < 4.78 is 0. The molecule has 1 rings (SSSR count). The van der Waals surface area contributed by atoms with E-state index >= 15 is 0 Å². The summed E-state index contributed by atoms with van der Waals surface area (Å²) in [6.07, 6.45) is 0. The van der Waals surface area contributed by atoms with Crippen LogP contribution in [0.15, 0.2) is 18.2 Å². The van der Waals surface area contributed by atoms with Gasteiger partial charge >= 0.3 is 0 Å². The molecule has 17 heavy (non-hydrogen) atoms. The quantitative estimate of drug-likeness (QED) is 0.584. The molecular weight excluding hydrogens is 220 g/mol. The van der Waals surface area contributed by atoms with E-state index in [4.69, 9.17) is 5.73 Å². The maximum absolute atomic E-state index is 11.8. The van der Waals surface area contributed by atoms with Crippen molar-refractivity contribution in [1.29, 1.82) is 0 Å². The van der Waals surface area contributed by atoms with Crippen LogP contribution in [0.25, 0.3) is 0 Å². The number of hydrogen-bond acceptors (Lipinski definition) is 4. The number of benzene rings is 1. The number of carbonyl (C=O) groups is 1. The van der Waals surface area contributed by atoms with Crippen LogP contribution in [-0.2, 0) is 0 Å². The van der Waals surface area contributed by atoms with Crippen molar-refractivity contribution in [2.24, 2.45) is 11.7 Å². The van der Waals surface area contributed by atoms with Gasteiger partial charge in [-0.25, -0.2) is 0 Å². The zero-order valence-electron chi connectivity index (χ0n) is 9.97. The second-order valence-corrected chi connectivity index (χ2v) is 4.15. The summed E-state index contributed by atoms with van der Waals surface area (Å²) in [5.74, 6) is -1.00. The summed E-state index contributed by atoms with van der Waals surface area (Å²) in [5, 5.41) is 21.6. The first-order valence-corrected chi connectivity index (χ1v) is 5.49. The highest BCUT2D eigenvalue weighted by Crippen LogP contribution is 2.28. The molecule has 0 aromatic heterocycles. The van der Waals surface area contributed by atoms with Crippen molar-refractivity contribution >= 4 is 5.91 Å². The molecule has 1 aromatic rings. The van der Waals surface area contributed by atoms with Crippen molar-refractivity contribution in [1.82, 2.24) is 5.32 Å². The molecule has 5 nitrogen and oxygen atoms in total. The number of para-hydroxylation sites is 1. The van der Waals surface area contributed by atoms with Crippen LogP contribution >= 0.6 is 0 Å². The van der Waals surface area contributed by atoms with Crippen molar-refractivity contribution in [3.05, 3.63) is 23.8 Å². The smallest absolute Gasteiger partial charge is 0.255 e. The number of aromatic hydroxyl groups is 2. The van der Waals surface area contributed by atoms with Gasteiger partial charge in [0.15, 0.2) is 11.5 Å². The standard InChI is InChI=1S/C12H18N2O3/c1-7(6-13)8(2)14-12(17)9-4-3-5-10(15)11(9)16/h3-5,7-8,15-16H,6,13H2,1-2H3,(H,14,17). The van der Waals surface area contributed by atoms with Crippen LogP contribution in [0.1, 0.15) is 24.2 Å². The van der Waals surface area contributed by atoms with Gasteiger partial charge in [-0.2, -0.15) is 0 Å². The first-order chi connectivity index (χ1) is 7.97. The second-order valence-electron chi connectivity index (χ2n) is 4.15. The van der Waals surface area contributed by atoms with Gasteiger partial charge in [-0.15, -0.1) is 0 Å². The molecule has 1 amide bonds. The molecule has 0 saturated carbocycles. The average molecular weight is 238 g/mol. The van der Waals surface area contributed by atoms with Gasteiger partial charge in [-0.3, -0.25) is 4.79 Å². The molecule has 0 aliphatic rings. The van der Waals surface area contributed by atoms with Crippen molar-refractivity contribution in [3.63, 3.8) is 0 Å². The van der Waals surface area contributed by atoms with Gasteiger partial charge in [-0.05, 0) is 31.5 Å². The molecule has 5 heteroatoms. The Balaban J connectivity index is 2.80. The minimum Gasteiger partial charge on any atom is -0.504 e. The largest absolute Gasteiger partial charge is 0.504 e. The van der Waals surface area contributed by atoms with Gasteiger partial charge in [-0.1, -0.05) is 13.0 Å². The Morgan fingerprint density at radius 3 is 2.65 bits per heavy atom. The van der Waals surface area contributed by atoms with E-state index in [2.05, 4.69) is 5.32 Å². The Morgan fingerprint density at radius 2 is 2.06 bits per heavy atom. The third-order valence-electron chi connectivity index (χ3n) is 2.84. The van der Waals surface area contributed by atoms with E-state index in [0.717, 1.165) is 0 Å². The maximum Gasteiger partial charge on any atom is 0.255 e. The van der Waals surface area contributed by atoms with Gasteiger partial charge in [0.05, 0.1) is 5.56 Å². The first-order valence-electron chi connectivity index (χ1n) is 5.49. The van der Waals surface area contributed by atoms with E-state index < -0.39 is 11.7 Å². The molecule has 5 N–H and O–H groups in total. The van der Waals surface area contributed by atoms with Crippen LogP contribution in [0, 0.1) is 5.92 Å². The van der Waals surface area contributed by atoms with E-state index in [1.165, 1.54) is 18.2 Å². The number of phenolic OH excluding ortho intramolecular Hbond substituents is 2. The highest BCUT2D eigenvalue weighted by atomic mass is 16.3. The molecule has 0 bridgehead atoms. The van der Waals surface area contributed by atoms with E-state index in [0.29, 0.717) is 6.54 Å². The molecule has 0 aliphatic heterocycles. The molecule has 0 saturated heterocycles. The lowest BCUT2D eigenvalue weighted by molar-refractivity contribution is 0.0926. The Morgan fingerprint density at radius 1 is 1.41 bits per heavy atom. The lowest BCUT2D eigenvalue weighted by atomic mass is 10.0. The molecule has 0 radical (unpaired) electrons. The fourth-order valence-electron chi connectivity index (χ4n) is 1.35. The fraction of sp³-hybridized carbons (Fsp3) is 0.417. The zero-order chi connectivity index (χ0) is 13.0. The van der Waals surface area contributed by atoms with E-state index in [1.54, 1.807) is 0 Å². The Hall–Kier alpha value is -1.75. The number of amides is 1. The molecular formula is C12H18N2O3. The highest BCUT2D eigenvalue weighted by molar-refractivity contribution is 5.97. The molecule has 0 aliphatic carbocycles. The van der Waals surface area contributed by atoms with Gasteiger partial charge in [0.2, 0.25) is 0 Å². The monoisotopic (exact) mass is 238 g/mol. The molecule has 0 spiro atoms. The minimum absolute atomic E-state index is 0.0565. The van der Waals surface area contributed by atoms with Crippen LogP contribution < -0.4 is 11.1 Å². The average Bonchev–Trinajstić information content (AvgIpc) is 2.31. The van der Waals surface area contributed by atoms with Gasteiger partial charge in [0, 0.05) is 6.04 Å². The summed E-state index contributed by atoms with van der Waals surface area (Å²) >= 11 is 0. The fourth-order valence-corrected chi connectivity index (χ4v) is 1.35. The highest BCUT2D eigenvalue weighted by Gasteiger charge is 2.18. The number of hydrogen-bond donors (Lipinski definition) is 4. The van der Waals surface area contributed by atoms with E-state index in [1.807, 2.05) is 13.8 Å². The number of phenols is 2. The van der Waals surface area contributed by atoms with Gasteiger partial charge in [0.1, 0.15) is 0 Å². The lowest BCUT2D eigenvalue weighted by Gasteiger charge is -2.20. The van der Waals surface area contributed by atoms with Crippen molar-refractivity contribution < 1.29 is 15.0 Å². The Kier molecular flexibility index (Phi) is 4.34. The van der Waals surface area contributed by atoms with Gasteiger partial charge in [0.25, 0.3) is 5.91 Å². The second kappa shape index (κ2) is 5.54. The zero-order valence-corrected chi connectivity index (χ0v) is 9.97. The molecule has 2 unspecified atom stereocenters. The molecule has 0 heterocycles. The van der Waals surface area contributed by atoms with Crippen LogP contribution in [0.3, 0.4) is 0 Å². The maximum atomic E-state index is 11.8. The van der Waals surface area contributed by atoms with Crippen molar-refractivity contribution in [2.45, 2.75) is 19.9 Å². The molecule has 94 valence electrons. The minimum atomic E-state index is -0.425. The Labute approximate surface area is 100 Å². The predicted octanol–water partition coefficient (Wildman–Crippen LogP) is 0.811. The summed E-state index contributed by atoms with van der Waals surface area (Å²) in [4.78, 5) is 11.8. The van der Waals surface area contributed by atoms with Crippen LogP contribution in [0.4, 0.5) is 0 Å². The number of carbonyl (C=O) groups excluding carboxylic acids is 1. The normalized spacial score (nSPS) is 14.1. The summed E-state index contributed by atoms with van der Waals surface area (Å²) in [5.41, 5.74) is 5.56. The van der Waals surface area contributed by atoms with Crippen molar-refractivity contribution in [2.75, 3.05) is 6.54 Å². The van der Waals surface area contributed by atoms with E-state index in [9.17, 15) is 15.0 Å². The molecule has 2 atom stereocenters. The summed E-state index contributed by atoms with van der Waals surface area (Å²) in [7, 11) is 0.